The molecule has 4 rings (SSSR count). The van der Waals surface area contributed by atoms with E-state index < -0.39 is 29.1 Å². The molecule has 2 heterocycles. The molecule has 44 heavy (non-hydrogen) atoms. The lowest BCUT2D eigenvalue weighted by molar-refractivity contribution is 0.00117. The molecule has 2 aromatic carbocycles. The SMILES string of the molecule is COc1ccc(C(C)(C)c2csc(N(C(=O)NCc3cccc(C(=O)O)c3)N3CCN(C(=O)OC(C)(C)C)C(C)C3)n2)cc1. The smallest absolute Gasteiger partial charge is 0.410 e. The van der Waals surface area contributed by atoms with Crippen molar-refractivity contribution < 1.29 is 29.0 Å². The number of anilines is 1. The number of nitrogens with zero attached hydrogens (tertiary/aromatic N) is 4. The fourth-order valence-corrected chi connectivity index (χ4v) is 5.93. The third-order valence-electron chi connectivity index (χ3n) is 7.45. The summed E-state index contributed by atoms with van der Waals surface area (Å²) in [4.78, 5) is 44.8. The van der Waals surface area contributed by atoms with Gasteiger partial charge in [-0.1, -0.05) is 38.1 Å². The van der Waals surface area contributed by atoms with Gasteiger partial charge in [-0.2, -0.15) is 5.01 Å². The lowest BCUT2D eigenvalue weighted by Gasteiger charge is -2.43. The van der Waals surface area contributed by atoms with Crippen molar-refractivity contribution in [2.45, 2.75) is 65.1 Å². The number of piperazine rings is 1. The first-order valence-electron chi connectivity index (χ1n) is 14.4. The summed E-state index contributed by atoms with van der Waals surface area (Å²) in [7, 11) is 1.63. The van der Waals surface area contributed by atoms with Crippen molar-refractivity contribution in [2.24, 2.45) is 0 Å². The second kappa shape index (κ2) is 13.2. The minimum atomic E-state index is -1.04. The summed E-state index contributed by atoms with van der Waals surface area (Å²) in [5.74, 6) is -0.272. The van der Waals surface area contributed by atoms with E-state index in [1.807, 2.05) is 62.3 Å². The summed E-state index contributed by atoms with van der Waals surface area (Å²) < 4.78 is 10.9. The van der Waals surface area contributed by atoms with Crippen LogP contribution in [0.15, 0.2) is 53.9 Å². The van der Waals surface area contributed by atoms with E-state index in [-0.39, 0.29) is 18.2 Å². The molecule has 0 bridgehead atoms. The third kappa shape index (κ3) is 7.67. The highest BCUT2D eigenvalue weighted by atomic mass is 32.1. The fourth-order valence-electron chi connectivity index (χ4n) is 4.92. The van der Waals surface area contributed by atoms with E-state index in [0.717, 1.165) is 17.0 Å². The van der Waals surface area contributed by atoms with Crippen LogP contribution < -0.4 is 15.1 Å². The van der Waals surface area contributed by atoms with Gasteiger partial charge in [0.25, 0.3) is 0 Å². The summed E-state index contributed by atoms with van der Waals surface area (Å²) in [6.07, 6.45) is -0.392. The van der Waals surface area contributed by atoms with Crippen LogP contribution in [0.25, 0.3) is 0 Å². The van der Waals surface area contributed by atoms with Gasteiger partial charge in [-0.25, -0.2) is 24.4 Å². The Morgan fingerprint density at radius 1 is 1.09 bits per heavy atom. The van der Waals surface area contributed by atoms with Crippen LogP contribution in [-0.4, -0.2) is 76.5 Å². The van der Waals surface area contributed by atoms with Gasteiger partial charge in [0.15, 0.2) is 0 Å². The van der Waals surface area contributed by atoms with Gasteiger partial charge in [0.05, 0.1) is 18.4 Å². The monoisotopic (exact) mass is 623 g/mol. The maximum absolute atomic E-state index is 13.8. The van der Waals surface area contributed by atoms with E-state index in [4.69, 9.17) is 14.5 Å². The first-order valence-corrected chi connectivity index (χ1v) is 15.3. The number of benzene rings is 2. The van der Waals surface area contributed by atoms with Gasteiger partial charge in [0, 0.05) is 43.0 Å². The van der Waals surface area contributed by atoms with Gasteiger partial charge in [0.2, 0.25) is 5.13 Å². The Bertz CT molecular complexity index is 1480. The number of rotatable bonds is 8. The molecule has 0 aliphatic carbocycles. The van der Waals surface area contributed by atoms with Gasteiger partial charge in [-0.05, 0) is 63.1 Å². The largest absolute Gasteiger partial charge is 0.497 e. The van der Waals surface area contributed by atoms with E-state index in [9.17, 15) is 19.5 Å². The molecule has 1 aliphatic rings. The minimum Gasteiger partial charge on any atom is -0.497 e. The zero-order chi connectivity index (χ0) is 32.2. The Hall–Kier alpha value is -4.16. The van der Waals surface area contributed by atoms with Crippen LogP contribution in [0.3, 0.4) is 0 Å². The number of nitrogens with one attached hydrogen (secondary N) is 1. The highest BCUT2D eigenvalue weighted by molar-refractivity contribution is 7.14. The molecule has 0 saturated carbocycles. The number of aromatic carboxylic acids is 1. The molecule has 0 spiro atoms. The lowest BCUT2D eigenvalue weighted by atomic mass is 9.82. The van der Waals surface area contributed by atoms with Gasteiger partial charge in [-0.15, -0.1) is 11.3 Å². The molecule has 1 atom stereocenters. The average Bonchev–Trinajstić information content (AvgIpc) is 3.46. The molecule has 0 radical (unpaired) electrons. The van der Waals surface area contributed by atoms with E-state index in [1.54, 1.807) is 24.1 Å². The van der Waals surface area contributed by atoms with Crippen LogP contribution in [0.1, 0.15) is 68.7 Å². The van der Waals surface area contributed by atoms with Crippen LogP contribution in [-0.2, 0) is 16.7 Å². The topological polar surface area (TPSA) is 125 Å². The highest BCUT2D eigenvalue weighted by Gasteiger charge is 2.37. The normalized spacial score (nSPS) is 15.9. The fraction of sp³-hybridized carbons (Fsp3) is 0.438. The van der Waals surface area contributed by atoms with Crippen molar-refractivity contribution in [3.8, 4) is 5.75 Å². The van der Waals surface area contributed by atoms with Crippen molar-refractivity contribution in [1.82, 2.24) is 20.2 Å². The predicted octanol–water partition coefficient (Wildman–Crippen LogP) is 5.75. The number of carboxylic acid groups (broad SMARTS) is 1. The first-order chi connectivity index (χ1) is 20.7. The number of hydrogen-bond donors (Lipinski definition) is 2. The molecule has 3 amide bonds. The number of urea groups is 1. The van der Waals surface area contributed by atoms with Crippen molar-refractivity contribution in [2.75, 3.05) is 31.8 Å². The summed E-state index contributed by atoms with van der Waals surface area (Å²) in [6, 6.07) is 13.6. The predicted molar refractivity (Wildman–Crippen MR) is 169 cm³/mol. The maximum Gasteiger partial charge on any atom is 0.410 e. The summed E-state index contributed by atoms with van der Waals surface area (Å²) in [5, 5.41) is 18.2. The number of carboxylic acids is 1. The summed E-state index contributed by atoms with van der Waals surface area (Å²) >= 11 is 1.36. The molecule has 1 aromatic heterocycles. The van der Waals surface area contributed by atoms with E-state index in [2.05, 4.69) is 19.2 Å². The Morgan fingerprint density at radius 3 is 2.41 bits per heavy atom. The molecule has 1 fully saturated rings. The minimum absolute atomic E-state index is 0.124. The van der Waals surface area contributed by atoms with Gasteiger partial charge >= 0.3 is 18.1 Å². The Labute approximate surface area is 262 Å². The van der Waals surface area contributed by atoms with Crippen molar-refractivity contribution in [1.29, 1.82) is 0 Å². The molecule has 1 unspecified atom stereocenters. The second-order valence-electron chi connectivity index (χ2n) is 12.3. The van der Waals surface area contributed by atoms with Gasteiger partial charge in [-0.3, -0.25) is 0 Å². The van der Waals surface area contributed by atoms with E-state index >= 15 is 0 Å². The third-order valence-corrected chi connectivity index (χ3v) is 8.27. The van der Waals surface area contributed by atoms with Crippen molar-refractivity contribution >= 4 is 34.6 Å². The summed E-state index contributed by atoms with van der Waals surface area (Å²) in [6.45, 7) is 12.8. The molecule has 3 aromatic rings. The molecular weight excluding hydrogens is 582 g/mol. The number of hydrogen-bond acceptors (Lipinski definition) is 8. The molecule has 1 saturated heterocycles. The number of aromatic nitrogens is 1. The van der Waals surface area contributed by atoms with Gasteiger partial charge < -0.3 is 24.8 Å². The second-order valence-corrected chi connectivity index (χ2v) is 13.1. The number of hydrazine groups is 1. The van der Waals surface area contributed by atoms with Crippen LogP contribution in [0.4, 0.5) is 14.7 Å². The van der Waals surface area contributed by atoms with E-state index in [1.165, 1.54) is 28.5 Å². The molecule has 11 nitrogen and oxygen atoms in total. The molecular formula is C32H41N5O6S. The zero-order valence-corrected chi connectivity index (χ0v) is 27.1. The number of ether oxygens (including phenoxy) is 2. The van der Waals surface area contributed by atoms with Crippen molar-refractivity contribution in [3.63, 3.8) is 0 Å². The average molecular weight is 624 g/mol. The number of carbonyl (C=O) groups is 3. The summed E-state index contributed by atoms with van der Waals surface area (Å²) in [5.41, 5.74) is 1.57. The Kier molecular flexibility index (Phi) is 9.85. The number of carbonyl (C=O) groups excluding carboxylic acids is 2. The number of methoxy groups -OCH3 is 1. The lowest BCUT2D eigenvalue weighted by Crippen LogP contribution is -2.62. The number of thiazole rings is 1. The van der Waals surface area contributed by atoms with Crippen LogP contribution in [0, 0.1) is 0 Å². The molecule has 12 heteroatoms. The molecule has 1 aliphatic heterocycles. The molecule has 236 valence electrons. The van der Waals surface area contributed by atoms with Crippen LogP contribution >= 0.6 is 11.3 Å². The van der Waals surface area contributed by atoms with Crippen molar-refractivity contribution in [3.05, 3.63) is 76.3 Å². The Balaban J connectivity index is 1.60. The Morgan fingerprint density at radius 2 is 1.80 bits per heavy atom. The van der Waals surface area contributed by atoms with Gasteiger partial charge in [0.1, 0.15) is 11.4 Å². The highest BCUT2D eigenvalue weighted by Crippen LogP contribution is 2.36. The first kappa shape index (κ1) is 32.7. The quantitative estimate of drug-likeness (QED) is 0.325. The maximum atomic E-state index is 13.8. The standard InChI is InChI=1S/C32H41N5O6S/c1-21-19-35(15-16-36(21)30(41)43-31(2,3)4)37(28(40)33-18-22-9-8-10-23(17-22)27(38)39)29-34-26(20-44-29)32(5,6)24-11-13-25(42-7)14-12-24/h8-14,17,20-21H,15-16,18-19H2,1-7H3,(H,33,40)(H,38,39). The van der Waals surface area contributed by atoms with Crippen LogP contribution in [0.5, 0.6) is 5.75 Å². The molecule has 2 N–H and O–H groups in total. The van der Waals surface area contributed by atoms with E-state index in [0.29, 0.717) is 30.3 Å². The zero-order valence-electron chi connectivity index (χ0n) is 26.3. The van der Waals surface area contributed by atoms with Crippen LogP contribution in [0.2, 0.25) is 0 Å². The number of amides is 3.